The standard InChI is InChI=1S/C5H13NO.C4H10O.ClH/c1-4-5(7)6(2)3;1-3-5-4-2;/h5,7H,4H2,1-3H3;3-4H2,1-2H3;1H. The van der Waals surface area contributed by atoms with Gasteiger partial charge >= 0.3 is 0 Å². The molecule has 13 heavy (non-hydrogen) atoms. The lowest BCUT2D eigenvalue weighted by atomic mass is 10.4. The average molecular weight is 214 g/mol. The van der Waals surface area contributed by atoms with Crippen molar-refractivity contribution in [2.24, 2.45) is 0 Å². The number of halogens is 1. The van der Waals surface area contributed by atoms with Crippen LogP contribution in [0.4, 0.5) is 0 Å². The van der Waals surface area contributed by atoms with E-state index in [2.05, 4.69) is 0 Å². The molecule has 0 aromatic rings. The molecule has 0 heterocycles. The summed E-state index contributed by atoms with van der Waals surface area (Å²) >= 11 is 0. The van der Waals surface area contributed by atoms with Crippen molar-refractivity contribution >= 4 is 12.4 Å². The summed E-state index contributed by atoms with van der Waals surface area (Å²) in [5.41, 5.74) is 0. The smallest absolute Gasteiger partial charge is 0.106 e. The Labute approximate surface area is 88.5 Å². The predicted molar refractivity (Wildman–Crippen MR) is 59.4 cm³/mol. The van der Waals surface area contributed by atoms with E-state index >= 15 is 0 Å². The quantitative estimate of drug-likeness (QED) is 0.723. The van der Waals surface area contributed by atoms with Crippen LogP contribution in [-0.2, 0) is 4.74 Å². The van der Waals surface area contributed by atoms with Crippen molar-refractivity contribution in [1.82, 2.24) is 4.90 Å². The summed E-state index contributed by atoms with van der Waals surface area (Å²) in [6, 6.07) is 0. The SMILES string of the molecule is CCC(O)N(C)C.CCOCC.Cl. The van der Waals surface area contributed by atoms with Gasteiger partial charge in [0.05, 0.1) is 0 Å². The predicted octanol–water partition coefficient (Wildman–Crippen LogP) is 1.74. The van der Waals surface area contributed by atoms with Crippen molar-refractivity contribution in [2.75, 3.05) is 27.3 Å². The number of aliphatic hydroxyl groups is 1. The van der Waals surface area contributed by atoms with E-state index in [0.717, 1.165) is 19.6 Å². The monoisotopic (exact) mass is 213 g/mol. The van der Waals surface area contributed by atoms with Crippen molar-refractivity contribution < 1.29 is 9.84 Å². The van der Waals surface area contributed by atoms with E-state index in [9.17, 15) is 0 Å². The molecule has 0 aromatic carbocycles. The van der Waals surface area contributed by atoms with Crippen LogP contribution in [0.25, 0.3) is 0 Å². The zero-order valence-electron chi connectivity index (χ0n) is 9.41. The van der Waals surface area contributed by atoms with E-state index in [0.29, 0.717) is 0 Å². The highest BCUT2D eigenvalue weighted by molar-refractivity contribution is 5.85. The fourth-order valence-corrected chi connectivity index (χ4v) is 0.569. The Bertz CT molecular complexity index is 80.0. The molecular formula is C9H24ClNO2. The summed E-state index contributed by atoms with van der Waals surface area (Å²) in [5.74, 6) is 0. The highest BCUT2D eigenvalue weighted by Crippen LogP contribution is 1.90. The molecule has 1 atom stereocenters. The fraction of sp³-hybridized carbons (Fsp3) is 1.00. The maximum Gasteiger partial charge on any atom is 0.106 e. The summed E-state index contributed by atoms with van der Waals surface area (Å²) in [7, 11) is 3.71. The van der Waals surface area contributed by atoms with Crippen LogP contribution >= 0.6 is 12.4 Å². The Morgan fingerprint density at radius 3 is 1.54 bits per heavy atom. The van der Waals surface area contributed by atoms with Gasteiger partial charge in [0, 0.05) is 13.2 Å². The minimum Gasteiger partial charge on any atom is -0.382 e. The molecule has 0 fully saturated rings. The molecule has 0 bridgehead atoms. The summed E-state index contributed by atoms with van der Waals surface area (Å²) in [6.07, 6.45) is 0.535. The van der Waals surface area contributed by atoms with Gasteiger partial charge in [0.15, 0.2) is 0 Å². The summed E-state index contributed by atoms with van der Waals surface area (Å²) in [6.45, 7) is 7.62. The Morgan fingerprint density at radius 2 is 1.54 bits per heavy atom. The van der Waals surface area contributed by atoms with Gasteiger partial charge in [-0.3, -0.25) is 4.90 Å². The van der Waals surface area contributed by atoms with E-state index in [-0.39, 0.29) is 18.6 Å². The van der Waals surface area contributed by atoms with Gasteiger partial charge in [-0.1, -0.05) is 6.92 Å². The normalized spacial score (nSPS) is 11.3. The van der Waals surface area contributed by atoms with Gasteiger partial charge in [-0.25, -0.2) is 0 Å². The molecule has 0 radical (unpaired) electrons. The minimum atomic E-state index is -0.264. The van der Waals surface area contributed by atoms with Crippen molar-refractivity contribution in [2.45, 2.75) is 33.4 Å². The Kier molecular flexibility index (Phi) is 21.3. The van der Waals surface area contributed by atoms with Gasteiger partial charge in [0.1, 0.15) is 6.23 Å². The number of nitrogens with zero attached hydrogens (tertiary/aromatic N) is 1. The van der Waals surface area contributed by atoms with Crippen LogP contribution in [0.3, 0.4) is 0 Å². The first-order valence-electron chi connectivity index (χ1n) is 4.52. The maximum atomic E-state index is 8.86. The molecule has 0 aliphatic carbocycles. The molecule has 0 saturated carbocycles. The number of rotatable bonds is 4. The first kappa shape index (κ1) is 18.9. The Balaban J connectivity index is -0.000000150. The zero-order chi connectivity index (χ0) is 9.98. The molecule has 0 aliphatic rings. The number of hydrogen-bond donors (Lipinski definition) is 1. The summed E-state index contributed by atoms with van der Waals surface area (Å²) in [4.78, 5) is 1.78. The highest BCUT2D eigenvalue weighted by atomic mass is 35.5. The van der Waals surface area contributed by atoms with E-state index in [1.165, 1.54) is 0 Å². The second-order valence-electron chi connectivity index (χ2n) is 2.63. The molecule has 0 aliphatic heterocycles. The lowest BCUT2D eigenvalue weighted by Gasteiger charge is -2.15. The number of hydrogen-bond acceptors (Lipinski definition) is 3. The topological polar surface area (TPSA) is 32.7 Å². The third kappa shape index (κ3) is 18.9. The lowest BCUT2D eigenvalue weighted by molar-refractivity contribution is 0.0377. The second kappa shape index (κ2) is 14.7. The third-order valence-corrected chi connectivity index (χ3v) is 1.37. The van der Waals surface area contributed by atoms with Gasteiger partial charge in [-0.15, -0.1) is 12.4 Å². The minimum absolute atomic E-state index is 0. The molecule has 84 valence electrons. The highest BCUT2D eigenvalue weighted by Gasteiger charge is 1.99. The molecule has 0 amide bonds. The molecule has 1 unspecified atom stereocenters. The molecular weight excluding hydrogens is 190 g/mol. The van der Waals surface area contributed by atoms with Crippen molar-refractivity contribution in [3.05, 3.63) is 0 Å². The molecule has 0 aromatic heterocycles. The van der Waals surface area contributed by atoms with E-state index < -0.39 is 0 Å². The number of ether oxygens (including phenoxy) is 1. The van der Waals surface area contributed by atoms with E-state index in [1.54, 1.807) is 4.90 Å². The van der Waals surface area contributed by atoms with Crippen LogP contribution < -0.4 is 0 Å². The summed E-state index contributed by atoms with van der Waals surface area (Å²) in [5, 5.41) is 8.86. The van der Waals surface area contributed by atoms with Crippen molar-refractivity contribution in [3.8, 4) is 0 Å². The maximum absolute atomic E-state index is 8.86. The fourth-order valence-electron chi connectivity index (χ4n) is 0.569. The molecule has 0 saturated heterocycles. The zero-order valence-corrected chi connectivity index (χ0v) is 10.2. The molecule has 0 rings (SSSR count). The van der Waals surface area contributed by atoms with Crippen molar-refractivity contribution in [3.63, 3.8) is 0 Å². The van der Waals surface area contributed by atoms with Crippen LogP contribution in [0.15, 0.2) is 0 Å². The molecule has 4 heteroatoms. The first-order valence-corrected chi connectivity index (χ1v) is 4.52. The van der Waals surface area contributed by atoms with Gasteiger partial charge in [0.25, 0.3) is 0 Å². The van der Waals surface area contributed by atoms with Gasteiger partial charge < -0.3 is 9.84 Å². The molecule has 3 nitrogen and oxygen atoms in total. The Hall–Kier alpha value is 0.170. The van der Waals surface area contributed by atoms with E-state index in [1.807, 2.05) is 34.9 Å². The largest absolute Gasteiger partial charge is 0.382 e. The second-order valence-corrected chi connectivity index (χ2v) is 2.63. The molecule has 1 N–H and O–H groups in total. The Morgan fingerprint density at radius 1 is 1.15 bits per heavy atom. The van der Waals surface area contributed by atoms with E-state index in [4.69, 9.17) is 9.84 Å². The van der Waals surface area contributed by atoms with Crippen LogP contribution in [0, 0.1) is 0 Å². The molecule has 0 spiro atoms. The van der Waals surface area contributed by atoms with Crippen LogP contribution in [0.1, 0.15) is 27.2 Å². The van der Waals surface area contributed by atoms with Gasteiger partial charge in [0.2, 0.25) is 0 Å². The van der Waals surface area contributed by atoms with Crippen molar-refractivity contribution in [1.29, 1.82) is 0 Å². The van der Waals surface area contributed by atoms with Crippen LogP contribution in [0.5, 0.6) is 0 Å². The van der Waals surface area contributed by atoms with Gasteiger partial charge in [-0.05, 0) is 34.4 Å². The van der Waals surface area contributed by atoms with Crippen LogP contribution in [-0.4, -0.2) is 43.5 Å². The lowest BCUT2D eigenvalue weighted by Crippen LogP contribution is -2.26. The van der Waals surface area contributed by atoms with Crippen LogP contribution in [0.2, 0.25) is 0 Å². The third-order valence-electron chi connectivity index (χ3n) is 1.37. The van der Waals surface area contributed by atoms with Gasteiger partial charge in [-0.2, -0.15) is 0 Å². The first-order chi connectivity index (χ1) is 5.59. The average Bonchev–Trinajstić information content (AvgIpc) is 2.05. The summed E-state index contributed by atoms with van der Waals surface area (Å²) < 4.78 is 4.83. The number of aliphatic hydroxyl groups excluding tert-OH is 1.